The van der Waals surface area contributed by atoms with Crippen LogP contribution in [0.3, 0.4) is 0 Å². The van der Waals surface area contributed by atoms with E-state index in [1.165, 1.54) is 11.1 Å². The van der Waals surface area contributed by atoms with Crippen LogP contribution in [0.15, 0.2) is 41.5 Å². The third kappa shape index (κ3) is 4.04. The molecular weight excluding hydrogens is 289 g/mol. The van der Waals surface area contributed by atoms with Crippen molar-refractivity contribution in [2.45, 2.75) is 34.1 Å². The lowest BCUT2D eigenvalue weighted by Crippen LogP contribution is -2.32. The zero-order valence-corrected chi connectivity index (χ0v) is 14.2. The van der Waals surface area contributed by atoms with Crippen molar-refractivity contribution in [3.8, 4) is 0 Å². The molecule has 1 saturated heterocycles. The van der Waals surface area contributed by atoms with E-state index in [0.29, 0.717) is 10.0 Å². The highest BCUT2D eigenvalue weighted by Crippen LogP contribution is 2.31. The number of piperidine rings is 1. The number of rotatable bonds is 1. The van der Waals surface area contributed by atoms with Crippen LogP contribution in [0, 0.1) is 0 Å². The molecule has 1 nitrogen and oxygen atoms in total. The summed E-state index contributed by atoms with van der Waals surface area (Å²) in [5.74, 6) is 0. The van der Waals surface area contributed by atoms with E-state index in [9.17, 15) is 0 Å². The van der Waals surface area contributed by atoms with Gasteiger partial charge in [-0.25, -0.2) is 0 Å². The molecule has 1 heterocycles. The van der Waals surface area contributed by atoms with Gasteiger partial charge in [0.25, 0.3) is 0 Å². The summed E-state index contributed by atoms with van der Waals surface area (Å²) < 4.78 is 0. The maximum atomic E-state index is 6.07. The van der Waals surface area contributed by atoms with Crippen LogP contribution in [0.4, 0.5) is 5.69 Å². The van der Waals surface area contributed by atoms with Crippen LogP contribution >= 0.6 is 23.2 Å². The van der Waals surface area contributed by atoms with Crippen molar-refractivity contribution in [1.29, 1.82) is 0 Å². The first-order valence-corrected chi connectivity index (χ1v) is 7.92. The number of hydrogen-bond donors (Lipinski definition) is 0. The second-order valence-electron chi connectivity index (χ2n) is 4.40. The van der Waals surface area contributed by atoms with Gasteiger partial charge in [0.1, 0.15) is 0 Å². The van der Waals surface area contributed by atoms with E-state index < -0.39 is 0 Å². The third-order valence-electron chi connectivity index (χ3n) is 3.39. The van der Waals surface area contributed by atoms with Crippen LogP contribution in [-0.2, 0) is 0 Å². The van der Waals surface area contributed by atoms with E-state index in [1.807, 2.05) is 32.0 Å². The summed E-state index contributed by atoms with van der Waals surface area (Å²) >= 11 is 12.0. The van der Waals surface area contributed by atoms with Gasteiger partial charge in [-0.2, -0.15) is 0 Å². The second kappa shape index (κ2) is 8.39. The smallest absolute Gasteiger partial charge is 0.0612 e. The Morgan fingerprint density at radius 1 is 1.00 bits per heavy atom. The molecule has 110 valence electrons. The SMILES string of the molecule is C/C=C1/CCN(c2ccc(Cl)c(Cl)c2)C/C1=C/C.CC. The molecule has 0 N–H and O–H groups in total. The second-order valence-corrected chi connectivity index (χ2v) is 5.21. The fourth-order valence-electron chi connectivity index (χ4n) is 2.31. The van der Waals surface area contributed by atoms with Crippen molar-refractivity contribution in [2.75, 3.05) is 18.0 Å². The van der Waals surface area contributed by atoms with Gasteiger partial charge in [0.2, 0.25) is 0 Å². The standard InChI is InChI=1S/C15H17Cl2N.C2H6/c1-3-11-7-8-18(10-12(11)4-2)13-5-6-14(16)15(17)9-13;1-2/h3-6,9H,7-8,10H2,1-2H3;1-2H3/b11-3-,12-4-;. The Balaban J connectivity index is 0.000000956. The Morgan fingerprint density at radius 3 is 2.20 bits per heavy atom. The topological polar surface area (TPSA) is 3.24 Å². The van der Waals surface area contributed by atoms with Crippen molar-refractivity contribution in [2.24, 2.45) is 0 Å². The van der Waals surface area contributed by atoms with Crippen LogP contribution in [0.2, 0.25) is 10.0 Å². The minimum Gasteiger partial charge on any atom is -0.367 e. The Morgan fingerprint density at radius 2 is 1.65 bits per heavy atom. The van der Waals surface area contributed by atoms with Gasteiger partial charge < -0.3 is 4.90 Å². The summed E-state index contributed by atoms with van der Waals surface area (Å²) in [6.45, 7) is 10.2. The van der Waals surface area contributed by atoms with Crippen molar-refractivity contribution < 1.29 is 0 Å². The monoisotopic (exact) mass is 311 g/mol. The highest BCUT2D eigenvalue weighted by atomic mass is 35.5. The molecule has 20 heavy (non-hydrogen) atoms. The van der Waals surface area contributed by atoms with Gasteiger partial charge in [-0.15, -0.1) is 0 Å². The van der Waals surface area contributed by atoms with E-state index in [1.54, 1.807) is 0 Å². The zero-order chi connectivity index (χ0) is 15.1. The molecule has 0 bridgehead atoms. The molecular formula is C17H23Cl2N. The van der Waals surface area contributed by atoms with Gasteiger partial charge in [0, 0.05) is 18.8 Å². The van der Waals surface area contributed by atoms with Crippen LogP contribution in [0.25, 0.3) is 0 Å². The van der Waals surface area contributed by atoms with Gasteiger partial charge in [-0.3, -0.25) is 0 Å². The Kier molecular flexibility index (Phi) is 7.18. The first-order valence-electron chi connectivity index (χ1n) is 7.16. The van der Waals surface area contributed by atoms with Crippen molar-refractivity contribution in [3.05, 3.63) is 51.5 Å². The van der Waals surface area contributed by atoms with E-state index in [-0.39, 0.29) is 0 Å². The summed E-state index contributed by atoms with van der Waals surface area (Å²) in [6.07, 6.45) is 5.48. The molecule has 3 heteroatoms. The molecule has 0 saturated carbocycles. The van der Waals surface area contributed by atoms with E-state index in [4.69, 9.17) is 23.2 Å². The predicted octanol–water partition coefficient (Wildman–Crippen LogP) is 6.12. The number of benzene rings is 1. The predicted molar refractivity (Wildman–Crippen MR) is 92.2 cm³/mol. The molecule has 0 radical (unpaired) electrons. The molecule has 1 aromatic rings. The fourth-order valence-corrected chi connectivity index (χ4v) is 2.60. The minimum atomic E-state index is 0.609. The van der Waals surface area contributed by atoms with Crippen molar-refractivity contribution in [1.82, 2.24) is 0 Å². The molecule has 0 amide bonds. The summed E-state index contributed by atoms with van der Waals surface area (Å²) in [6, 6.07) is 5.83. The molecule has 1 fully saturated rings. The number of hydrogen-bond acceptors (Lipinski definition) is 1. The fraction of sp³-hybridized carbons (Fsp3) is 0.412. The van der Waals surface area contributed by atoms with Gasteiger partial charge >= 0.3 is 0 Å². The van der Waals surface area contributed by atoms with Crippen molar-refractivity contribution in [3.63, 3.8) is 0 Å². The van der Waals surface area contributed by atoms with Crippen molar-refractivity contribution >= 4 is 28.9 Å². The van der Waals surface area contributed by atoms with E-state index in [0.717, 1.165) is 25.2 Å². The maximum Gasteiger partial charge on any atom is 0.0612 e. The molecule has 0 aliphatic carbocycles. The highest BCUT2D eigenvalue weighted by Gasteiger charge is 2.18. The molecule has 0 unspecified atom stereocenters. The van der Waals surface area contributed by atoms with E-state index >= 15 is 0 Å². The summed E-state index contributed by atoms with van der Waals surface area (Å²) in [5.41, 5.74) is 3.99. The lowest BCUT2D eigenvalue weighted by Gasteiger charge is -2.32. The first kappa shape index (κ1) is 17.1. The van der Waals surface area contributed by atoms with Gasteiger partial charge in [-0.05, 0) is 49.6 Å². The molecule has 0 aromatic heterocycles. The largest absolute Gasteiger partial charge is 0.367 e. The average molecular weight is 312 g/mol. The van der Waals surface area contributed by atoms with Gasteiger partial charge in [0.15, 0.2) is 0 Å². The molecule has 0 atom stereocenters. The number of anilines is 1. The summed E-state index contributed by atoms with van der Waals surface area (Å²) in [4.78, 5) is 2.34. The number of halogens is 2. The first-order chi connectivity index (χ1) is 9.65. The minimum absolute atomic E-state index is 0.609. The molecule has 0 spiro atoms. The molecule has 1 aromatic carbocycles. The Labute approximate surface area is 132 Å². The van der Waals surface area contributed by atoms with E-state index in [2.05, 4.69) is 30.9 Å². The van der Waals surface area contributed by atoms with Gasteiger partial charge in [0.05, 0.1) is 10.0 Å². The Hall–Kier alpha value is -0.920. The zero-order valence-electron chi connectivity index (χ0n) is 12.7. The molecule has 1 aliphatic heterocycles. The summed E-state index contributed by atoms with van der Waals surface area (Å²) in [7, 11) is 0. The molecule has 2 rings (SSSR count). The molecule has 1 aliphatic rings. The normalized spacial score (nSPS) is 19.0. The maximum absolute atomic E-state index is 6.07. The quantitative estimate of drug-likeness (QED) is 0.603. The van der Waals surface area contributed by atoms with Gasteiger partial charge in [-0.1, -0.05) is 49.2 Å². The number of allylic oxidation sites excluding steroid dienone is 2. The van der Waals surface area contributed by atoms with Crippen LogP contribution < -0.4 is 4.90 Å². The van der Waals surface area contributed by atoms with Crippen LogP contribution in [-0.4, -0.2) is 13.1 Å². The van der Waals surface area contributed by atoms with Crippen LogP contribution in [0.5, 0.6) is 0 Å². The lowest BCUT2D eigenvalue weighted by atomic mass is 9.97. The highest BCUT2D eigenvalue weighted by molar-refractivity contribution is 6.42. The number of nitrogens with zero attached hydrogens (tertiary/aromatic N) is 1. The average Bonchev–Trinajstić information content (AvgIpc) is 2.51. The van der Waals surface area contributed by atoms with Crippen LogP contribution in [0.1, 0.15) is 34.1 Å². The summed E-state index contributed by atoms with van der Waals surface area (Å²) in [5, 5.41) is 1.23. The Bertz CT molecular complexity index is 504. The lowest BCUT2D eigenvalue weighted by molar-refractivity contribution is 0.764. The third-order valence-corrected chi connectivity index (χ3v) is 4.13.